The van der Waals surface area contributed by atoms with E-state index in [4.69, 9.17) is 17.0 Å². The monoisotopic (exact) mass is 467 g/mol. The highest BCUT2D eigenvalue weighted by Gasteiger charge is 2.14. The Morgan fingerprint density at radius 3 is 2.70 bits per heavy atom. The van der Waals surface area contributed by atoms with Gasteiger partial charge < -0.3 is 24.8 Å². The van der Waals surface area contributed by atoms with E-state index in [1.54, 1.807) is 13.3 Å². The summed E-state index contributed by atoms with van der Waals surface area (Å²) in [5, 5.41) is 4.93. The lowest BCUT2D eigenvalue weighted by Crippen LogP contribution is -2.41. The number of methoxy groups -OCH3 is 1. The molecular weight excluding hydrogens is 434 g/mol. The van der Waals surface area contributed by atoms with E-state index in [9.17, 15) is 4.79 Å². The average Bonchev–Trinajstić information content (AvgIpc) is 2.84. The van der Waals surface area contributed by atoms with Gasteiger partial charge in [0.25, 0.3) is 5.56 Å². The van der Waals surface area contributed by atoms with Crippen LogP contribution in [-0.4, -0.2) is 58.2 Å². The molecule has 0 spiro atoms. The molecular formula is C25H33N5O2S. The van der Waals surface area contributed by atoms with Gasteiger partial charge in [0.2, 0.25) is 0 Å². The van der Waals surface area contributed by atoms with Gasteiger partial charge in [0.15, 0.2) is 5.11 Å². The van der Waals surface area contributed by atoms with Crippen LogP contribution in [0.1, 0.15) is 31.4 Å². The van der Waals surface area contributed by atoms with Crippen LogP contribution in [0.3, 0.4) is 0 Å². The molecule has 0 amide bonds. The van der Waals surface area contributed by atoms with Crippen LogP contribution in [0.15, 0.2) is 53.6 Å². The van der Waals surface area contributed by atoms with Crippen molar-refractivity contribution in [3.63, 3.8) is 0 Å². The van der Waals surface area contributed by atoms with Gasteiger partial charge in [-0.15, -0.1) is 0 Å². The lowest BCUT2D eigenvalue weighted by atomic mass is 10.1. The van der Waals surface area contributed by atoms with E-state index in [1.165, 1.54) is 0 Å². The first-order chi connectivity index (χ1) is 16.0. The van der Waals surface area contributed by atoms with Crippen LogP contribution in [0.2, 0.25) is 0 Å². The molecule has 0 bridgehead atoms. The standard InChI is InChI=1S/C25H33N5O2S/c1-4-29(5-2)13-7-12-27-25(33)30(17-19-8-6-11-26-16-19)18-21-14-20-15-22(32-3)9-10-23(20)28-24(21)31/h6,8-11,14-16H,4-5,7,12-13,17-18H2,1-3H3,(H,27,33)(H,28,31). The normalized spacial score (nSPS) is 11.0. The summed E-state index contributed by atoms with van der Waals surface area (Å²) in [6.45, 7) is 9.20. The third-order valence-corrected chi connectivity index (χ3v) is 6.10. The number of hydrogen-bond donors (Lipinski definition) is 2. The molecule has 7 nitrogen and oxygen atoms in total. The van der Waals surface area contributed by atoms with E-state index in [2.05, 4.69) is 34.0 Å². The summed E-state index contributed by atoms with van der Waals surface area (Å²) in [7, 11) is 1.63. The number of H-pyrrole nitrogens is 1. The molecule has 0 saturated heterocycles. The van der Waals surface area contributed by atoms with Crippen molar-refractivity contribution in [2.45, 2.75) is 33.4 Å². The van der Waals surface area contributed by atoms with Gasteiger partial charge in [0.1, 0.15) is 5.75 Å². The zero-order valence-electron chi connectivity index (χ0n) is 19.6. The van der Waals surface area contributed by atoms with Crippen molar-refractivity contribution in [3.8, 4) is 5.75 Å². The third-order valence-electron chi connectivity index (χ3n) is 5.69. The van der Waals surface area contributed by atoms with Crippen molar-refractivity contribution in [1.82, 2.24) is 25.1 Å². The molecule has 0 aliphatic rings. The smallest absolute Gasteiger partial charge is 0.253 e. The maximum Gasteiger partial charge on any atom is 0.253 e. The minimum atomic E-state index is -0.117. The molecule has 2 aromatic heterocycles. The van der Waals surface area contributed by atoms with E-state index in [0.717, 1.165) is 54.8 Å². The van der Waals surface area contributed by atoms with Crippen molar-refractivity contribution in [1.29, 1.82) is 0 Å². The van der Waals surface area contributed by atoms with Gasteiger partial charge in [-0.2, -0.15) is 0 Å². The van der Waals surface area contributed by atoms with Crippen LogP contribution in [0, 0.1) is 0 Å². The summed E-state index contributed by atoms with van der Waals surface area (Å²) in [5.74, 6) is 0.748. The summed E-state index contributed by atoms with van der Waals surface area (Å²) in [4.78, 5) is 24.4. The van der Waals surface area contributed by atoms with E-state index < -0.39 is 0 Å². The number of nitrogens with zero attached hydrogens (tertiary/aromatic N) is 3. The molecule has 3 rings (SSSR count). The molecule has 3 aromatic rings. The molecule has 8 heteroatoms. The Kier molecular flexibility index (Phi) is 9.21. The summed E-state index contributed by atoms with van der Waals surface area (Å²) in [6, 6.07) is 11.4. The maximum absolute atomic E-state index is 12.8. The van der Waals surface area contributed by atoms with Gasteiger partial charge in [-0.3, -0.25) is 9.78 Å². The molecule has 176 valence electrons. The Hall–Kier alpha value is -2.97. The summed E-state index contributed by atoms with van der Waals surface area (Å²) < 4.78 is 5.33. The second kappa shape index (κ2) is 12.3. The topological polar surface area (TPSA) is 73.5 Å². The Morgan fingerprint density at radius 2 is 2.00 bits per heavy atom. The molecule has 33 heavy (non-hydrogen) atoms. The van der Waals surface area contributed by atoms with E-state index >= 15 is 0 Å². The maximum atomic E-state index is 12.8. The van der Waals surface area contributed by atoms with Gasteiger partial charge in [-0.1, -0.05) is 19.9 Å². The van der Waals surface area contributed by atoms with Crippen molar-refractivity contribution >= 4 is 28.2 Å². The Balaban J connectivity index is 1.77. The lowest BCUT2D eigenvalue weighted by molar-refractivity contribution is 0.299. The fourth-order valence-electron chi connectivity index (χ4n) is 3.74. The number of benzene rings is 1. The fourth-order valence-corrected chi connectivity index (χ4v) is 3.97. The fraction of sp³-hybridized carbons (Fsp3) is 0.400. The number of fused-ring (bicyclic) bond motifs is 1. The van der Waals surface area contributed by atoms with Crippen LogP contribution in [0.4, 0.5) is 0 Å². The summed E-state index contributed by atoms with van der Waals surface area (Å²) in [6.07, 6.45) is 4.57. The Morgan fingerprint density at radius 1 is 1.18 bits per heavy atom. The molecule has 2 heterocycles. The summed E-state index contributed by atoms with van der Waals surface area (Å²) in [5.41, 5.74) is 2.34. The quantitative estimate of drug-likeness (QED) is 0.330. The molecule has 0 atom stereocenters. The number of aromatic amines is 1. The second-order valence-corrected chi connectivity index (χ2v) is 8.29. The lowest BCUT2D eigenvalue weighted by Gasteiger charge is -2.26. The van der Waals surface area contributed by atoms with Crippen LogP contribution < -0.4 is 15.6 Å². The van der Waals surface area contributed by atoms with Crippen LogP contribution in [0.25, 0.3) is 10.9 Å². The predicted molar refractivity (Wildman–Crippen MR) is 138 cm³/mol. The number of aromatic nitrogens is 2. The van der Waals surface area contributed by atoms with Gasteiger partial charge in [0.05, 0.1) is 13.7 Å². The minimum Gasteiger partial charge on any atom is -0.497 e. The van der Waals surface area contributed by atoms with Crippen LogP contribution in [-0.2, 0) is 13.1 Å². The largest absolute Gasteiger partial charge is 0.497 e. The highest BCUT2D eigenvalue weighted by Crippen LogP contribution is 2.19. The first-order valence-corrected chi connectivity index (χ1v) is 11.8. The molecule has 0 fully saturated rings. The first-order valence-electron chi connectivity index (χ1n) is 11.4. The average molecular weight is 468 g/mol. The zero-order valence-corrected chi connectivity index (χ0v) is 20.5. The van der Waals surface area contributed by atoms with Crippen LogP contribution in [0.5, 0.6) is 5.75 Å². The van der Waals surface area contributed by atoms with E-state index in [1.807, 2.05) is 47.5 Å². The highest BCUT2D eigenvalue weighted by molar-refractivity contribution is 7.80. The SMILES string of the molecule is CCN(CC)CCCNC(=S)N(Cc1cccnc1)Cc1cc2cc(OC)ccc2[nH]c1=O. The first kappa shape index (κ1) is 24.7. The number of pyridine rings is 2. The van der Waals surface area contributed by atoms with Gasteiger partial charge in [0, 0.05) is 41.9 Å². The summed E-state index contributed by atoms with van der Waals surface area (Å²) >= 11 is 5.74. The number of hydrogen-bond acceptors (Lipinski definition) is 5. The Bertz CT molecular complexity index is 1100. The number of nitrogens with one attached hydrogen (secondary N) is 2. The van der Waals surface area contributed by atoms with Crippen molar-refractivity contribution < 1.29 is 4.74 Å². The van der Waals surface area contributed by atoms with Gasteiger partial charge in [-0.05, 0) is 74.2 Å². The van der Waals surface area contributed by atoms with Crippen LogP contribution >= 0.6 is 12.2 Å². The van der Waals surface area contributed by atoms with E-state index in [-0.39, 0.29) is 5.56 Å². The number of rotatable bonds is 11. The van der Waals surface area contributed by atoms with Gasteiger partial charge >= 0.3 is 0 Å². The zero-order chi connectivity index (χ0) is 23.6. The highest BCUT2D eigenvalue weighted by atomic mass is 32.1. The second-order valence-electron chi connectivity index (χ2n) is 7.91. The number of ether oxygens (including phenoxy) is 1. The molecule has 0 radical (unpaired) electrons. The molecule has 0 aliphatic carbocycles. The predicted octanol–water partition coefficient (Wildman–Crippen LogP) is 3.54. The number of thiocarbonyl (C=S) groups is 1. The van der Waals surface area contributed by atoms with Gasteiger partial charge in [-0.25, -0.2) is 0 Å². The van der Waals surface area contributed by atoms with Crippen molar-refractivity contribution in [2.75, 3.05) is 33.3 Å². The minimum absolute atomic E-state index is 0.117. The molecule has 0 aliphatic heterocycles. The van der Waals surface area contributed by atoms with Crippen molar-refractivity contribution in [2.24, 2.45) is 0 Å². The van der Waals surface area contributed by atoms with Crippen molar-refractivity contribution in [3.05, 3.63) is 70.3 Å². The van der Waals surface area contributed by atoms with E-state index in [0.29, 0.717) is 23.8 Å². The molecule has 0 saturated carbocycles. The molecule has 1 aromatic carbocycles. The molecule has 0 unspecified atom stereocenters. The third kappa shape index (κ3) is 7.00. The Labute approximate surface area is 200 Å². The molecule has 2 N–H and O–H groups in total.